The summed E-state index contributed by atoms with van der Waals surface area (Å²) in [6.07, 6.45) is 8.42. The Balaban J connectivity index is 1.38. The van der Waals surface area contributed by atoms with E-state index < -0.39 is 28.2 Å². The maximum absolute atomic E-state index is 14.2. The van der Waals surface area contributed by atoms with Crippen LogP contribution in [0.15, 0.2) is 60.8 Å². The molecule has 2 fully saturated rings. The Bertz CT molecular complexity index is 1660. The maximum Gasteiger partial charge on any atom is 0.277 e. The third-order valence-corrected chi connectivity index (χ3v) is 11.9. The van der Waals surface area contributed by atoms with Gasteiger partial charge < -0.3 is 36.8 Å². The number of benzene rings is 2. The normalized spacial score (nSPS) is 23.8. The van der Waals surface area contributed by atoms with Crippen LogP contribution < -0.4 is 36.4 Å². The summed E-state index contributed by atoms with van der Waals surface area (Å²) >= 11 is 0. The Morgan fingerprint density at radius 3 is 1.82 bits per heavy atom. The second-order valence-electron chi connectivity index (χ2n) is 15.1. The number of anilines is 2. The molecule has 6 aliphatic rings. The van der Waals surface area contributed by atoms with Gasteiger partial charge in [0.1, 0.15) is 6.04 Å². The number of carbonyl (C=O) groups excluding carboxylic acids is 3. The fraction of sp³-hybridized carbons (Fsp3) is 0.575. The monoisotopic (exact) mass is 779 g/mol. The van der Waals surface area contributed by atoms with Gasteiger partial charge in [0, 0.05) is 81.8 Å². The van der Waals surface area contributed by atoms with E-state index in [1.165, 1.54) is 0 Å². The number of unbranched alkanes of at least 4 members (excludes halogenated alkanes) is 2. The number of nitrogens with two attached hydrogens (primary N) is 1. The van der Waals surface area contributed by atoms with Gasteiger partial charge in [-0.3, -0.25) is 14.4 Å². The molecule has 2 aromatic rings. The van der Waals surface area contributed by atoms with Crippen LogP contribution in [0.5, 0.6) is 0 Å². The quantitative estimate of drug-likeness (QED) is 0.168. The molecule has 1 aliphatic carbocycles. The molecule has 6 bridgehead atoms. The van der Waals surface area contributed by atoms with Gasteiger partial charge in [-0.15, -0.1) is 0 Å². The topological polar surface area (TPSA) is 190 Å². The summed E-state index contributed by atoms with van der Waals surface area (Å²) in [7, 11) is -4.04. The average molecular weight is 780 g/mol. The van der Waals surface area contributed by atoms with Crippen molar-refractivity contribution in [3.05, 3.63) is 71.9 Å². The van der Waals surface area contributed by atoms with Crippen molar-refractivity contribution in [1.29, 1.82) is 0 Å². The first-order chi connectivity index (χ1) is 26.5. The molecule has 2 atom stereocenters. The van der Waals surface area contributed by atoms with E-state index >= 15 is 0 Å². The molecule has 0 spiro atoms. The van der Waals surface area contributed by atoms with Crippen LogP contribution in [0.2, 0.25) is 0 Å². The van der Waals surface area contributed by atoms with Crippen molar-refractivity contribution in [3.8, 4) is 0 Å². The molecule has 0 aromatic heterocycles. The smallest absolute Gasteiger partial charge is 0.277 e. The predicted octanol–water partition coefficient (Wildman–Crippen LogP) is 2.60. The number of fused-ring (bicyclic) bond motifs is 3. The summed E-state index contributed by atoms with van der Waals surface area (Å²) < 4.78 is 32.4. The Kier molecular flexibility index (Phi) is 16.5. The van der Waals surface area contributed by atoms with Crippen LogP contribution in [0.25, 0.3) is 0 Å². The van der Waals surface area contributed by atoms with Crippen LogP contribution in [-0.4, -0.2) is 106 Å². The Hall–Kier alpha value is -3.86. The Labute approximate surface area is 327 Å². The predicted molar refractivity (Wildman–Crippen MR) is 217 cm³/mol. The molecule has 0 unspecified atom stereocenters. The fourth-order valence-electron chi connectivity index (χ4n) is 7.32. The van der Waals surface area contributed by atoms with Crippen LogP contribution in [0, 0.1) is 0 Å². The van der Waals surface area contributed by atoms with E-state index in [2.05, 4.69) is 47.1 Å². The SMILES string of the molecule is C=C(NCCCCCN)[C@@H]1Cc2ccc(cc2)NC(=O)CCN2CCN(CCC(=O)Nc3ccc(cc3)C[C@@H](NS(=O)(=O)NC3CCCCC3)C(=O)N1)CC2. The third kappa shape index (κ3) is 14.6. The van der Waals surface area contributed by atoms with Gasteiger partial charge in [0.25, 0.3) is 10.2 Å². The molecule has 5 heterocycles. The van der Waals surface area contributed by atoms with Crippen molar-refractivity contribution in [1.82, 2.24) is 29.9 Å². The van der Waals surface area contributed by atoms with Gasteiger partial charge in [0.2, 0.25) is 17.7 Å². The van der Waals surface area contributed by atoms with Gasteiger partial charge in [-0.1, -0.05) is 56.5 Å². The standard InChI is InChI=1S/C40H61N9O5S/c1-30(42-21-7-3-6-20-41)36-28-31-10-14-33(15-11-31)43-38(50)18-22-48-24-26-49(27-25-48)23-19-39(51)44-34-16-12-32(13-17-34)29-37(40(52)45-36)47-55(53,54)46-35-8-4-2-5-9-35/h10-17,35-37,42,46-47H,1-9,18-29,41H2,(H,43,50)(H,44,51)(H,45,52)/t36-,37+/m0/s1. The molecule has 1 saturated carbocycles. The number of hydrogen-bond acceptors (Lipinski definition) is 9. The zero-order valence-electron chi connectivity index (χ0n) is 32.1. The highest BCUT2D eigenvalue weighted by Crippen LogP contribution is 2.19. The third-order valence-electron chi connectivity index (χ3n) is 10.6. The summed E-state index contributed by atoms with van der Waals surface area (Å²) in [5.74, 6) is -0.656. The summed E-state index contributed by atoms with van der Waals surface area (Å²) in [6, 6.07) is 12.8. The van der Waals surface area contributed by atoms with Crippen LogP contribution in [0.4, 0.5) is 11.4 Å². The molecule has 302 valence electrons. The molecule has 3 amide bonds. The summed E-state index contributed by atoms with van der Waals surface area (Å²) in [5.41, 5.74) is 9.22. The maximum atomic E-state index is 14.2. The van der Waals surface area contributed by atoms with E-state index in [0.29, 0.717) is 62.5 Å². The van der Waals surface area contributed by atoms with Crippen LogP contribution in [0.3, 0.4) is 0 Å². The number of nitrogens with zero attached hydrogens (tertiary/aromatic N) is 2. The first-order valence-corrected chi connectivity index (χ1v) is 21.5. The van der Waals surface area contributed by atoms with Crippen molar-refractivity contribution >= 4 is 39.3 Å². The van der Waals surface area contributed by atoms with Crippen molar-refractivity contribution in [3.63, 3.8) is 0 Å². The van der Waals surface area contributed by atoms with Gasteiger partial charge in [-0.2, -0.15) is 17.9 Å². The first kappa shape index (κ1) is 42.3. The van der Waals surface area contributed by atoms with Crippen LogP contribution in [0.1, 0.15) is 75.3 Å². The zero-order chi connectivity index (χ0) is 39.0. The molecule has 2 aromatic carbocycles. The van der Waals surface area contributed by atoms with Crippen molar-refractivity contribution in [2.24, 2.45) is 5.73 Å². The number of nitrogens with one attached hydrogen (secondary N) is 6. The lowest BCUT2D eigenvalue weighted by Gasteiger charge is -2.34. The highest BCUT2D eigenvalue weighted by atomic mass is 32.2. The number of amides is 3. The summed E-state index contributed by atoms with van der Waals surface area (Å²) in [6.45, 7) is 10.2. The zero-order valence-corrected chi connectivity index (χ0v) is 32.9. The second kappa shape index (κ2) is 21.4. The fourth-order valence-corrected chi connectivity index (χ4v) is 8.63. The molecular formula is C40H61N9O5S. The molecule has 15 heteroatoms. The highest BCUT2D eigenvalue weighted by molar-refractivity contribution is 7.87. The van der Waals surface area contributed by atoms with E-state index in [1.807, 2.05) is 36.4 Å². The Morgan fingerprint density at radius 2 is 1.27 bits per heavy atom. The van der Waals surface area contributed by atoms with Gasteiger partial charge in [0.15, 0.2) is 0 Å². The molecule has 8 rings (SSSR count). The number of piperazine rings is 1. The van der Waals surface area contributed by atoms with E-state index in [9.17, 15) is 22.8 Å². The lowest BCUT2D eigenvalue weighted by Crippen LogP contribution is -2.55. The number of carbonyl (C=O) groups is 3. The van der Waals surface area contributed by atoms with Crippen molar-refractivity contribution < 1.29 is 22.8 Å². The molecule has 55 heavy (non-hydrogen) atoms. The second-order valence-corrected chi connectivity index (χ2v) is 16.5. The van der Waals surface area contributed by atoms with E-state index in [1.54, 1.807) is 12.1 Å². The minimum atomic E-state index is -4.04. The van der Waals surface area contributed by atoms with Gasteiger partial charge in [0.05, 0.1) is 6.04 Å². The minimum absolute atomic E-state index is 0.0649. The molecular weight excluding hydrogens is 719 g/mol. The Morgan fingerprint density at radius 1 is 0.727 bits per heavy atom. The average Bonchev–Trinajstić information content (AvgIpc) is 3.17. The highest BCUT2D eigenvalue weighted by Gasteiger charge is 2.30. The van der Waals surface area contributed by atoms with Crippen molar-refractivity contribution in [2.45, 2.75) is 95.2 Å². The van der Waals surface area contributed by atoms with E-state index in [-0.39, 0.29) is 24.3 Å². The first-order valence-electron chi connectivity index (χ1n) is 20.0. The van der Waals surface area contributed by atoms with E-state index in [4.69, 9.17) is 5.73 Å². The van der Waals surface area contributed by atoms with Gasteiger partial charge in [-0.25, -0.2) is 0 Å². The minimum Gasteiger partial charge on any atom is -0.387 e. The molecule has 8 N–H and O–H groups in total. The molecule has 5 aliphatic heterocycles. The largest absolute Gasteiger partial charge is 0.387 e. The van der Waals surface area contributed by atoms with Crippen LogP contribution >= 0.6 is 0 Å². The lowest BCUT2D eigenvalue weighted by molar-refractivity contribution is -0.123. The summed E-state index contributed by atoms with van der Waals surface area (Å²) in [5, 5.41) is 12.4. The molecule has 1 saturated heterocycles. The van der Waals surface area contributed by atoms with Crippen LogP contribution in [-0.2, 0) is 37.4 Å². The molecule has 14 nitrogen and oxygen atoms in total. The number of rotatable bonds is 11. The molecule has 0 radical (unpaired) electrons. The van der Waals surface area contributed by atoms with E-state index in [0.717, 1.165) is 88.7 Å². The van der Waals surface area contributed by atoms with Crippen molar-refractivity contribution in [2.75, 3.05) is 63.0 Å². The summed E-state index contributed by atoms with van der Waals surface area (Å²) in [4.78, 5) is 44.5. The van der Waals surface area contributed by atoms with Gasteiger partial charge >= 0.3 is 0 Å². The number of hydrogen-bond donors (Lipinski definition) is 7. The lowest BCUT2D eigenvalue weighted by atomic mass is 9.96. The van der Waals surface area contributed by atoms with Gasteiger partial charge in [-0.05, 0) is 80.5 Å².